The molecular formula is C45H37NO3. The number of nitrogens with zero attached hydrogens (tertiary/aromatic N) is 1. The molecule has 0 aliphatic heterocycles. The monoisotopic (exact) mass is 639 g/mol. The van der Waals surface area contributed by atoms with Gasteiger partial charge in [-0.05, 0) is 81.9 Å². The summed E-state index contributed by atoms with van der Waals surface area (Å²) in [6.07, 6.45) is 9.40. The van der Waals surface area contributed by atoms with Gasteiger partial charge in [-0.25, -0.2) is 0 Å². The summed E-state index contributed by atoms with van der Waals surface area (Å²) in [5.74, 6) is 1.57. The van der Waals surface area contributed by atoms with E-state index in [0.29, 0.717) is 5.56 Å². The minimum atomic E-state index is 0.628. The topological polar surface area (TPSA) is 38.8 Å². The van der Waals surface area contributed by atoms with Crippen molar-refractivity contribution in [2.45, 2.75) is 0 Å². The molecule has 0 unspecified atom stereocenters. The molecule has 0 aliphatic rings. The SMILES string of the molecule is COc1ccc(/C(=C/N(c2ccc(C=CC=C(c3ccccc3)c3ccccc3)cc2)c2ccc(OC)cc2)c2ccc(C=O)cc2)cc1. The van der Waals surface area contributed by atoms with E-state index in [-0.39, 0.29) is 0 Å². The first-order valence-electron chi connectivity index (χ1n) is 16.1. The van der Waals surface area contributed by atoms with E-state index < -0.39 is 0 Å². The number of carbonyl (C=O) groups is 1. The number of benzene rings is 6. The van der Waals surface area contributed by atoms with Gasteiger partial charge in [-0.15, -0.1) is 0 Å². The molecule has 0 amide bonds. The minimum Gasteiger partial charge on any atom is -0.497 e. The van der Waals surface area contributed by atoms with E-state index in [1.54, 1.807) is 14.2 Å². The largest absolute Gasteiger partial charge is 0.497 e. The zero-order chi connectivity index (χ0) is 33.8. The third-order valence-electron chi connectivity index (χ3n) is 8.26. The lowest BCUT2D eigenvalue weighted by Crippen LogP contribution is -2.10. The van der Waals surface area contributed by atoms with Crippen LogP contribution in [0.5, 0.6) is 11.5 Å². The third kappa shape index (κ3) is 8.13. The Kier molecular flexibility index (Phi) is 10.6. The molecule has 4 nitrogen and oxygen atoms in total. The van der Waals surface area contributed by atoms with Crippen LogP contribution < -0.4 is 14.4 Å². The maximum atomic E-state index is 11.4. The summed E-state index contributed by atoms with van der Waals surface area (Å²) >= 11 is 0. The zero-order valence-electron chi connectivity index (χ0n) is 27.6. The Morgan fingerprint density at radius 1 is 0.490 bits per heavy atom. The third-order valence-corrected chi connectivity index (χ3v) is 8.26. The summed E-state index contributed by atoms with van der Waals surface area (Å²) in [5, 5.41) is 0. The highest BCUT2D eigenvalue weighted by Gasteiger charge is 2.13. The summed E-state index contributed by atoms with van der Waals surface area (Å²) < 4.78 is 10.9. The summed E-state index contributed by atoms with van der Waals surface area (Å²) in [4.78, 5) is 13.6. The number of allylic oxidation sites excluding steroid dienone is 2. The minimum absolute atomic E-state index is 0.628. The lowest BCUT2D eigenvalue weighted by molar-refractivity contribution is 0.112. The molecule has 0 aromatic heterocycles. The van der Waals surface area contributed by atoms with Crippen molar-refractivity contribution in [3.05, 3.63) is 209 Å². The van der Waals surface area contributed by atoms with E-state index in [1.807, 2.05) is 84.9 Å². The lowest BCUT2D eigenvalue weighted by Gasteiger charge is -2.24. The van der Waals surface area contributed by atoms with Crippen LogP contribution in [0, 0.1) is 0 Å². The van der Waals surface area contributed by atoms with Gasteiger partial charge in [0, 0.05) is 28.7 Å². The summed E-state index contributed by atoms with van der Waals surface area (Å²) in [6, 6.07) is 53.1. The van der Waals surface area contributed by atoms with Crippen LogP contribution >= 0.6 is 0 Å². The van der Waals surface area contributed by atoms with Gasteiger partial charge in [0.1, 0.15) is 17.8 Å². The highest BCUT2D eigenvalue weighted by molar-refractivity contribution is 5.86. The van der Waals surface area contributed by atoms with Gasteiger partial charge in [0.2, 0.25) is 0 Å². The molecule has 0 heterocycles. The van der Waals surface area contributed by atoms with Crippen LogP contribution in [0.15, 0.2) is 176 Å². The Bertz CT molecular complexity index is 2000. The maximum Gasteiger partial charge on any atom is 0.150 e. The Balaban J connectivity index is 1.38. The van der Waals surface area contributed by atoms with E-state index in [4.69, 9.17) is 9.47 Å². The molecule has 0 aliphatic carbocycles. The summed E-state index contributed by atoms with van der Waals surface area (Å²) in [7, 11) is 3.33. The second kappa shape index (κ2) is 15.9. The molecule has 6 aromatic rings. The number of anilines is 2. The van der Waals surface area contributed by atoms with Crippen molar-refractivity contribution >= 4 is 34.9 Å². The van der Waals surface area contributed by atoms with Gasteiger partial charge in [0.15, 0.2) is 0 Å². The van der Waals surface area contributed by atoms with Crippen LogP contribution in [0.1, 0.15) is 38.2 Å². The molecule has 0 saturated heterocycles. The predicted octanol–water partition coefficient (Wildman–Crippen LogP) is 10.9. The summed E-state index contributed by atoms with van der Waals surface area (Å²) in [5.41, 5.74) is 10.2. The Morgan fingerprint density at radius 2 is 0.918 bits per heavy atom. The van der Waals surface area contributed by atoms with E-state index in [0.717, 1.165) is 57.0 Å². The van der Waals surface area contributed by atoms with Crippen LogP contribution in [0.2, 0.25) is 0 Å². The first kappa shape index (κ1) is 32.5. The molecule has 0 bridgehead atoms. The van der Waals surface area contributed by atoms with Gasteiger partial charge >= 0.3 is 0 Å². The first-order chi connectivity index (χ1) is 24.1. The summed E-state index contributed by atoms with van der Waals surface area (Å²) in [6.45, 7) is 0. The normalized spacial score (nSPS) is 11.2. The molecule has 0 atom stereocenters. The van der Waals surface area contributed by atoms with Gasteiger partial charge in [0.05, 0.1) is 14.2 Å². The number of methoxy groups -OCH3 is 2. The lowest BCUT2D eigenvalue weighted by atomic mass is 9.97. The van der Waals surface area contributed by atoms with Crippen LogP contribution in [0.25, 0.3) is 17.2 Å². The molecule has 6 rings (SSSR count). The molecule has 0 N–H and O–H groups in total. The van der Waals surface area contributed by atoms with E-state index in [1.165, 1.54) is 11.1 Å². The molecule has 0 fully saturated rings. The van der Waals surface area contributed by atoms with E-state index in [2.05, 4.69) is 102 Å². The predicted molar refractivity (Wildman–Crippen MR) is 202 cm³/mol. The number of carbonyl (C=O) groups excluding carboxylic acids is 1. The average Bonchev–Trinajstić information content (AvgIpc) is 3.18. The number of rotatable bonds is 12. The number of hydrogen-bond donors (Lipinski definition) is 0. The van der Waals surface area contributed by atoms with Crippen molar-refractivity contribution in [3.63, 3.8) is 0 Å². The van der Waals surface area contributed by atoms with Gasteiger partial charge in [-0.3, -0.25) is 4.79 Å². The fraction of sp³-hybridized carbons (Fsp3) is 0.0444. The average molecular weight is 640 g/mol. The highest BCUT2D eigenvalue weighted by atomic mass is 16.5. The Labute approximate surface area is 288 Å². The molecule has 0 saturated carbocycles. The van der Waals surface area contributed by atoms with Gasteiger partial charge in [-0.2, -0.15) is 0 Å². The Morgan fingerprint density at radius 3 is 1.41 bits per heavy atom. The van der Waals surface area contributed by atoms with Crippen molar-refractivity contribution in [1.82, 2.24) is 0 Å². The number of ether oxygens (including phenoxy) is 2. The molecule has 0 spiro atoms. The number of hydrogen-bond acceptors (Lipinski definition) is 4. The second-order valence-electron chi connectivity index (χ2n) is 11.3. The standard InChI is InChI=1S/C45H37NO3/c1-48-42-28-22-39(23-29-42)45(38-20-16-35(33-47)17-21-38)32-46(41-26-30-43(49-2)31-27-41)40-24-18-34(19-25-40)10-9-15-44(36-11-5-3-6-12-36)37-13-7-4-8-14-37/h3-33H,1-2H3/b10-9?,45-32+. The van der Waals surface area contributed by atoms with Crippen LogP contribution in [-0.2, 0) is 0 Å². The first-order valence-corrected chi connectivity index (χ1v) is 16.1. The molecule has 6 aromatic carbocycles. The molecule has 4 heteroatoms. The van der Waals surface area contributed by atoms with Gasteiger partial charge in [-0.1, -0.05) is 127 Å². The van der Waals surface area contributed by atoms with Crippen molar-refractivity contribution in [2.24, 2.45) is 0 Å². The van der Waals surface area contributed by atoms with Gasteiger partial charge in [0.25, 0.3) is 0 Å². The van der Waals surface area contributed by atoms with E-state index in [9.17, 15) is 4.79 Å². The maximum absolute atomic E-state index is 11.4. The highest BCUT2D eigenvalue weighted by Crippen LogP contribution is 2.33. The van der Waals surface area contributed by atoms with Crippen LogP contribution in [-0.4, -0.2) is 20.5 Å². The second-order valence-corrected chi connectivity index (χ2v) is 11.3. The molecular weight excluding hydrogens is 602 g/mol. The smallest absolute Gasteiger partial charge is 0.150 e. The fourth-order valence-electron chi connectivity index (χ4n) is 5.59. The van der Waals surface area contributed by atoms with Crippen LogP contribution in [0.4, 0.5) is 11.4 Å². The Hall–Kier alpha value is -6.39. The molecule has 240 valence electrons. The van der Waals surface area contributed by atoms with Gasteiger partial charge < -0.3 is 14.4 Å². The number of aldehydes is 1. The van der Waals surface area contributed by atoms with Crippen molar-refractivity contribution in [1.29, 1.82) is 0 Å². The molecule has 49 heavy (non-hydrogen) atoms. The van der Waals surface area contributed by atoms with Crippen LogP contribution in [0.3, 0.4) is 0 Å². The fourth-order valence-corrected chi connectivity index (χ4v) is 5.59. The van der Waals surface area contributed by atoms with E-state index >= 15 is 0 Å². The quantitative estimate of drug-likeness (QED) is 0.0987. The zero-order valence-corrected chi connectivity index (χ0v) is 27.6. The molecule has 0 radical (unpaired) electrons. The van der Waals surface area contributed by atoms with Crippen molar-refractivity contribution < 1.29 is 14.3 Å². The van der Waals surface area contributed by atoms with Crippen molar-refractivity contribution in [3.8, 4) is 11.5 Å². The van der Waals surface area contributed by atoms with Crippen molar-refractivity contribution in [2.75, 3.05) is 19.1 Å².